The highest BCUT2D eigenvalue weighted by atomic mass is 16.7. The number of nitro groups is 1. The van der Waals surface area contributed by atoms with Crippen molar-refractivity contribution in [2.45, 2.75) is 13.5 Å². The van der Waals surface area contributed by atoms with Crippen LogP contribution in [0.2, 0.25) is 0 Å². The van der Waals surface area contributed by atoms with Crippen molar-refractivity contribution in [1.82, 2.24) is 9.78 Å². The lowest BCUT2D eigenvalue weighted by atomic mass is 10.5. The molecule has 0 bridgehead atoms. The summed E-state index contributed by atoms with van der Waals surface area (Å²) in [5.74, 6) is -0.0867. The predicted molar refractivity (Wildman–Crippen MR) is 38.9 cm³/mol. The lowest BCUT2D eigenvalue weighted by molar-refractivity contribution is -0.738. The Labute approximate surface area is 72.9 Å². The van der Waals surface area contributed by atoms with Gasteiger partial charge in [-0.25, -0.2) is 4.68 Å². The number of rotatable bonds is 4. The van der Waals surface area contributed by atoms with Crippen molar-refractivity contribution < 1.29 is 14.5 Å². The monoisotopic (exact) mass is 185 g/mol. The second-order valence-corrected chi connectivity index (χ2v) is 2.35. The summed E-state index contributed by atoms with van der Waals surface area (Å²) in [5.41, 5.74) is 2.93. The third-order valence-electron chi connectivity index (χ3n) is 1.13. The topological polar surface area (TPSA) is 96.0 Å². The maximum Gasteiger partial charge on any atom is 0.332 e. The molecule has 8 heteroatoms. The molecular weight excluding hydrogens is 178 g/mol. The molecule has 0 fully saturated rings. The molecule has 0 atom stereocenters. The molecular formula is C5H7N5O3. The van der Waals surface area contributed by atoms with Gasteiger partial charge in [-0.1, -0.05) is 0 Å². The molecule has 0 saturated heterocycles. The van der Waals surface area contributed by atoms with Crippen LogP contribution in [0.15, 0.2) is 12.7 Å². The number of aromatic nitrogens is 3. The molecule has 0 unspecified atom stereocenters. The molecule has 0 N–H and O–H groups in total. The van der Waals surface area contributed by atoms with Gasteiger partial charge in [0.25, 0.3) is 6.33 Å². The van der Waals surface area contributed by atoms with Crippen molar-refractivity contribution in [3.8, 4) is 0 Å². The molecule has 13 heavy (non-hydrogen) atoms. The van der Waals surface area contributed by atoms with Crippen molar-refractivity contribution >= 4 is 5.78 Å². The maximum atomic E-state index is 10.6. The van der Waals surface area contributed by atoms with Crippen molar-refractivity contribution in [2.75, 3.05) is 0 Å². The third-order valence-corrected chi connectivity index (χ3v) is 1.13. The maximum absolute atomic E-state index is 10.6. The molecule has 1 rings (SSSR count). The SMILES string of the molecule is CC(=O)Cn1c[n+]([N-][N+](=O)[O-])cn1. The predicted octanol–water partition coefficient (Wildman–Crippen LogP) is -0.912. The highest BCUT2D eigenvalue weighted by molar-refractivity contribution is 5.75. The zero-order chi connectivity index (χ0) is 9.84. The zero-order valence-corrected chi connectivity index (χ0v) is 6.82. The Hall–Kier alpha value is -1.99. The van der Waals surface area contributed by atoms with E-state index in [1.807, 2.05) is 0 Å². The zero-order valence-electron chi connectivity index (χ0n) is 6.82. The van der Waals surface area contributed by atoms with E-state index in [1.165, 1.54) is 17.9 Å². The molecule has 8 nitrogen and oxygen atoms in total. The lowest BCUT2D eigenvalue weighted by Gasteiger charge is -2.07. The molecule has 1 aromatic heterocycles. The van der Waals surface area contributed by atoms with Gasteiger partial charge in [0, 0.05) is 0 Å². The molecule has 0 spiro atoms. The number of carbonyl (C=O) groups is 1. The quantitative estimate of drug-likeness (QED) is 0.344. The van der Waals surface area contributed by atoms with E-state index in [0.717, 1.165) is 11.0 Å². The lowest BCUT2D eigenvalue weighted by Crippen LogP contribution is -2.29. The highest BCUT2D eigenvalue weighted by Crippen LogP contribution is 1.83. The average Bonchev–Trinajstić information content (AvgIpc) is 2.33. The van der Waals surface area contributed by atoms with Crippen molar-refractivity contribution in [2.24, 2.45) is 0 Å². The van der Waals surface area contributed by atoms with Crippen LogP contribution in [0.3, 0.4) is 0 Å². The second-order valence-electron chi connectivity index (χ2n) is 2.35. The van der Waals surface area contributed by atoms with Gasteiger partial charge in [0.15, 0.2) is 12.3 Å². The summed E-state index contributed by atoms with van der Waals surface area (Å²) in [6.07, 6.45) is 2.40. The minimum atomic E-state index is -0.847. The van der Waals surface area contributed by atoms with Crippen molar-refractivity contribution in [1.29, 1.82) is 0 Å². The van der Waals surface area contributed by atoms with E-state index in [2.05, 4.69) is 10.6 Å². The Kier molecular flexibility index (Phi) is 2.52. The van der Waals surface area contributed by atoms with Gasteiger partial charge >= 0.3 is 6.33 Å². The summed E-state index contributed by atoms with van der Waals surface area (Å²) in [5, 5.41) is 12.7. The first-order valence-electron chi connectivity index (χ1n) is 3.37. The van der Waals surface area contributed by atoms with Crippen LogP contribution in [-0.4, -0.2) is 20.6 Å². The molecule has 0 aromatic carbocycles. The molecule has 0 aliphatic heterocycles. The Balaban J connectivity index is 2.63. The van der Waals surface area contributed by atoms with Crippen LogP contribution in [-0.2, 0) is 11.3 Å². The smallest absolute Gasteiger partial charge is 0.332 e. The summed E-state index contributed by atoms with van der Waals surface area (Å²) in [6, 6.07) is 0. The van der Waals surface area contributed by atoms with Crippen LogP contribution in [0, 0.1) is 10.1 Å². The fourth-order valence-corrected chi connectivity index (χ4v) is 0.756. The van der Waals surface area contributed by atoms with E-state index in [1.54, 1.807) is 0 Å². The van der Waals surface area contributed by atoms with Crippen LogP contribution in [0.25, 0.3) is 5.53 Å². The van der Waals surface area contributed by atoms with Gasteiger partial charge in [0.2, 0.25) is 0 Å². The van der Waals surface area contributed by atoms with Crippen LogP contribution < -0.4 is 4.68 Å². The van der Waals surface area contributed by atoms with Crippen LogP contribution in [0.4, 0.5) is 0 Å². The molecule has 0 aliphatic rings. The number of carbonyl (C=O) groups excluding carboxylic acids is 1. The van der Waals surface area contributed by atoms with Crippen LogP contribution in [0.5, 0.6) is 0 Å². The Morgan fingerprint density at radius 1 is 1.85 bits per heavy atom. The first kappa shape index (κ1) is 9.10. The van der Waals surface area contributed by atoms with Gasteiger partial charge in [-0.05, 0) is 11.6 Å². The number of hydrogen-bond donors (Lipinski definition) is 0. The van der Waals surface area contributed by atoms with Gasteiger partial charge < -0.3 is 10.1 Å². The third kappa shape index (κ3) is 2.85. The normalized spacial score (nSPS) is 9.62. The van der Waals surface area contributed by atoms with E-state index in [-0.39, 0.29) is 12.3 Å². The summed E-state index contributed by atoms with van der Waals surface area (Å²) < 4.78 is 2.18. The summed E-state index contributed by atoms with van der Waals surface area (Å²) in [7, 11) is 0. The van der Waals surface area contributed by atoms with E-state index >= 15 is 0 Å². The van der Waals surface area contributed by atoms with Gasteiger partial charge in [-0.2, -0.15) is 0 Å². The van der Waals surface area contributed by atoms with Gasteiger partial charge in [-0.3, -0.25) is 10.3 Å². The minimum Gasteiger partial charge on any atom is -0.373 e. The summed E-state index contributed by atoms with van der Waals surface area (Å²) in [4.78, 5) is 20.5. The largest absolute Gasteiger partial charge is 0.373 e. The van der Waals surface area contributed by atoms with E-state index in [4.69, 9.17) is 0 Å². The van der Waals surface area contributed by atoms with Gasteiger partial charge in [-0.15, -0.1) is 5.03 Å². The van der Waals surface area contributed by atoms with E-state index in [9.17, 15) is 14.9 Å². The molecule has 0 aliphatic carbocycles. The second kappa shape index (κ2) is 3.61. The van der Waals surface area contributed by atoms with Gasteiger partial charge in [0.1, 0.15) is 5.10 Å². The van der Waals surface area contributed by atoms with Crippen molar-refractivity contribution in [3.63, 3.8) is 0 Å². The number of nitrogens with zero attached hydrogens (tertiary/aromatic N) is 5. The first-order chi connectivity index (χ1) is 6.08. The fraction of sp³-hybridized carbons (Fsp3) is 0.400. The Bertz CT molecular complexity index is 302. The number of Topliss-reactive ketones (excluding diaryl/α,β-unsaturated/α-hetero) is 1. The van der Waals surface area contributed by atoms with Gasteiger partial charge in [0.05, 0.1) is 0 Å². The summed E-state index contributed by atoms with van der Waals surface area (Å²) >= 11 is 0. The molecule has 1 heterocycles. The average molecular weight is 185 g/mol. The Morgan fingerprint density at radius 2 is 2.54 bits per heavy atom. The highest BCUT2D eigenvalue weighted by Gasteiger charge is 2.08. The molecule has 0 saturated carbocycles. The molecule has 0 radical (unpaired) electrons. The van der Waals surface area contributed by atoms with E-state index < -0.39 is 5.03 Å². The van der Waals surface area contributed by atoms with Crippen molar-refractivity contribution in [3.05, 3.63) is 28.3 Å². The summed E-state index contributed by atoms with van der Waals surface area (Å²) in [6.45, 7) is 1.48. The van der Waals surface area contributed by atoms with Crippen LogP contribution >= 0.6 is 0 Å². The molecule has 1 aromatic rings. The fourth-order valence-electron chi connectivity index (χ4n) is 0.756. The molecule has 0 amide bonds. The standard InChI is InChI=1S/C5H7N5O3/c1-5(11)2-8-4-9(3-6-8)7-10(12)13/h3-4H,2H2,1H3. The van der Waals surface area contributed by atoms with E-state index in [0.29, 0.717) is 0 Å². The Morgan fingerprint density at radius 3 is 3.08 bits per heavy atom. The number of hydrogen-bond acceptors (Lipinski definition) is 4. The minimum absolute atomic E-state index is 0.0836. The first-order valence-corrected chi connectivity index (χ1v) is 3.37. The molecule has 70 valence electrons. The number of ketones is 1. The van der Waals surface area contributed by atoms with Crippen LogP contribution in [0.1, 0.15) is 6.92 Å².